The first kappa shape index (κ1) is 15.7. The van der Waals surface area contributed by atoms with Crippen molar-refractivity contribution < 1.29 is 0 Å². The number of hydrazone groups is 1. The molecule has 2 rings (SSSR count). The predicted molar refractivity (Wildman–Crippen MR) is 88.1 cm³/mol. The second kappa shape index (κ2) is 7.95. The molecule has 110 valence electrons. The first-order chi connectivity index (χ1) is 10.2. The Balaban J connectivity index is 2.25. The Morgan fingerprint density at radius 1 is 1.38 bits per heavy atom. The fraction of sp³-hybridized carbons (Fsp3) is 0.286. The van der Waals surface area contributed by atoms with Gasteiger partial charge in [0, 0.05) is 0 Å². The van der Waals surface area contributed by atoms with Crippen molar-refractivity contribution in [1.82, 2.24) is 15.2 Å². The third-order valence-corrected chi connectivity index (χ3v) is 3.56. The van der Waals surface area contributed by atoms with Gasteiger partial charge >= 0.3 is 0 Å². The van der Waals surface area contributed by atoms with E-state index < -0.39 is 0 Å². The van der Waals surface area contributed by atoms with E-state index in [1.165, 1.54) is 11.8 Å². The van der Waals surface area contributed by atoms with E-state index in [1.54, 1.807) is 6.20 Å². The van der Waals surface area contributed by atoms with E-state index in [1.807, 2.05) is 30.5 Å². The van der Waals surface area contributed by atoms with Crippen LogP contribution in [-0.4, -0.2) is 27.1 Å². The van der Waals surface area contributed by atoms with Crippen LogP contribution in [0, 0.1) is 0 Å². The zero-order valence-corrected chi connectivity index (χ0v) is 13.4. The fourth-order valence-corrected chi connectivity index (χ4v) is 2.17. The third kappa shape index (κ3) is 4.41. The van der Waals surface area contributed by atoms with Crippen molar-refractivity contribution in [3.05, 3.63) is 41.2 Å². The van der Waals surface area contributed by atoms with E-state index in [0.717, 1.165) is 29.9 Å². The average Bonchev–Trinajstić information content (AvgIpc) is 2.53. The minimum Gasteiger partial charge on any atom is -0.277 e. The van der Waals surface area contributed by atoms with Crippen LogP contribution in [0.4, 0.5) is 5.69 Å². The first-order valence-corrected chi connectivity index (χ1v) is 8.16. The molecule has 7 heteroatoms. The fourth-order valence-electron chi connectivity index (χ4n) is 1.67. The molecule has 1 N–H and O–H groups in total. The molecule has 0 unspecified atom stereocenters. The zero-order chi connectivity index (χ0) is 15.1. The third-order valence-electron chi connectivity index (χ3n) is 2.69. The Morgan fingerprint density at radius 3 is 2.90 bits per heavy atom. The summed E-state index contributed by atoms with van der Waals surface area (Å²) in [7, 11) is 0. The number of hydrogen-bond acceptors (Lipinski definition) is 6. The maximum absolute atomic E-state index is 6.11. The maximum atomic E-state index is 6.11. The summed E-state index contributed by atoms with van der Waals surface area (Å²) in [4.78, 5) is 4.43. The summed E-state index contributed by atoms with van der Waals surface area (Å²) < 4.78 is 0. The second-order valence-corrected chi connectivity index (χ2v) is 5.41. The number of nitrogens with zero attached hydrogens (tertiary/aromatic N) is 4. The lowest BCUT2D eigenvalue weighted by atomic mass is 10.2. The molecule has 0 amide bonds. The van der Waals surface area contributed by atoms with Gasteiger partial charge in [-0.15, -0.1) is 5.10 Å². The summed E-state index contributed by atoms with van der Waals surface area (Å²) in [5.74, 6) is 0. The normalized spacial score (nSPS) is 11.5. The topological polar surface area (TPSA) is 63.1 Å². The molecule has 0 aliphatic rings. The molecule has 0 aliphatic heterocycles. The summed E-state index contributed by atoms with van der Waals surface area (Å²) in [5.41, 5.74) is 5.33. The predicted octanol–water partition coefficient (Wildman–Crippen LogP) is 3.86. The van der Waals surface area contributed by atoms with Gasteiger partial charge in [-0.1, -0.05) is 48.8 Å². The van der Waals surface area contributed by atoms with Crippen LogP contribution in [0.2, 0.25) is 5.02 Å². The van der Waals surface area contributed by atoms with Gasteiger partial charge in [-0.05, 0) is 24.8 Å². The van der Waals surface area contributed by atoms with Crippen molar-refractivity contribution in [1.29, 1.82) is 0 Å². The Hall–Kier alpha value is -1.66. The molecule has 1 aromatic heterocycles. The molecule has 2 aromatic rings. The van der Waals surface area contributed by atoms with Gasteiger partial charge in [-0.2, -0.15) is 10.2 Å². The highest BCUT2D eigenvalue weighted by atomic mass is 35.5. The monoisotopic (exact) mass is 321 g/mol. The van der Waals surface area contributed by atoms with Gasteiger partial charge in [0.1, 0.15) is 5.69 Å². The van der Waals surface area contributed by atoms with Crippen molar-refractivity contribution in [2.45, 2.75) is 24.9 Å². The molecule has 0 radical (unpaired) electrons. The van der Waals surface area contributed by atoms with Gasteiger partial charge in [-0.25, -0.2) is 4.98 Å². The van der Waals surface area contributed by atoms with Crippen LogP contribution in [0.15, 0.2) is 40.7 Å². The molecule has 0 saturated heterocycles. The minimum atomic E-state index is 0.628. The lowest BCUT2D eigenvalue weighted by Gasteiger charge is -2.07. The van der Waals surface area contributed by atoms with E-state index in [9.17, 15) is 0 Å². The summed E-state index contributed by atoms with van der Waals surface area (Å²) in [6, 6.07) is 7.47. The van der Waals surface area contributed by atoms with E-state index >= 15 is 0 Å². The number of anilines is 1. The van der Waals surface area contributed by atoms with Crippen molar-refractivity contribution in [2.75, 3.05) is 11.7 Å². The molecule has 5 nitrogen and oxygen atoms in total. The van der Waals surface area contributed by atoms with E-state index in [2.05, 4.69) is 32.6 Å². The lowest BCUT2D eigenvalue weighted by molar-refractivity contribution is 0.828. The summed E-state index contributed by atoms with van der Waals surface area (Å²) in [6.45, 7) is 2.09. The van der Waals surface area contributed by atoms with Crippen LogP contribution >= 0.6 is 23.4 Å². The molecule has 0 bridgehead atoms. The molecular weight excluding hydrogens is 306 g/mol. The number of aromatic nitrogens is 3. The Labute approximate surface area is 133 Å². The molecule has 0 spiro atoms. The molecule has 1 aromatic carbocycles. The van der Waals surface area contributed by atoms with Crippen molar-refractivity contribution in [3.63, 3.8) is 0 Å². The molecule has 1 heterocycles. The Kier molecular flexibility index (Phi) is 5.95. The summed E-state index contributed by atoms with van der Waals surface area (Å²) >= 11 is 7.56. The van der Waals surface area contributed by atoms with Gasteiger partial charge in [-0.3, -0.25) is 5.43 Å². The molecular formula is C14H16ClN5S. The molecule has 0 atom stereocenters. The minimum absolute atomic E-state index is 0.628. The van der Waals surface area contributed by atoms with E-state index in [0.29, 0.717) is 10.2 Å². The van der Waals surface area contributed by atoms with Crippen molar-refractivity contribution in [2.24, 2.45) is 5.10 Å². The zero-order valence-electron chi connectivity index (χ0n) is 11.9. The summed E-state index contributed by atoms with van der Waals surface area (Å²) in [5, 5.41) is 13.6. The molecule has 21 heavy (non-hydrogen) atoms. The van der Waals surface area contributed by atoms with Gasteiger partial charge in [0.15, 0.2) is 0 Å². The SMILES string of the molecule is CCC/C(=N/Nc1ccccc1Cl)c1cnnc(SC)n1. The van der Waals surface area contributed by atoms with Gasteiger partial charge in [0.05, 0.1) is 22.6 Å². The standard InChI is InChI=1S/C14H16ClN5S/c1-3-6-12(13-9-16-20-14(17-13)21-2)19-18-11-8-5-4-7-10(11)15/h4-5,7-9,18H,3,6H2,1-2H3/b19-12-. The highest BCUT2D eigenvalue weighted by Crippen LogP contribution is 2.20. The number of benzene rings is 1. The largest absolute Gasteiger partial charge is 0.277 e. The first-order valence-electron chi connectivity index (χ1n) is 6.55. The van der Waals surface area contributed by atoms with Crippen molar-refractivity contribution >= 4 is 34.8 Å². The molecule has 0 saturated carbocycles. The lowest BCUT2D eigenvalue weighted by Crippen LogP contribution is -2.09. The smallest absolute Gasteiger partial charge is 0.209 e. The Morgan fingerprint density at radius 2 is 2.19 bits per heavy atom. The van der Waals surface area contributed by atoms with Gasteiger partial charge in [0.25, 0.3) is 0 Å². The van der Waals surface area contributed by atoms with Crippen LogP contribution < -0.4 is 5.43 Å². The molecule has 0 fully saturated rings. The van der Waals surface area contributed by atoms with Gasteiger partial charge in [0.2, 0.25) is 5.16 Å². The number of hydrogen-bond donors (Lipinski definition) is 1. The highest BCUT2D eigenvalue weighted by Gasteiger charge is 2.08. The number of halogens is 1. The maximum Gasteiger partial charge on any atom is 0.209 e. The van der Waals surface area contributed by atoms with Gasteiger partial charge < -0.3 is 0 Å². The highest BCUT2D eigenvalue weighted by molar-refractivity contribution is 7.98. The Bertz CT molecular complexity index is 632. The second-order valence-electron chi connectivity index (χ2n) is 4.23. The molecule has 0 aliphatic carbocycles. The van der Waals surface area contributed by atoms with E-state index in [-0.39, 0.29) is 0 Å². The number of para-hydroxylation sites is 1. The summed E-state index contributed by atoms with van der Waals surface area (Å²) in [6.07, 6.45) is 5.30. The van der Waals surface area contributed by atoms with Crippen LogP contribution in [0.5, 0.6) is 0 Å². The van der Waals surface area contributed by atoms with Crippen LogP contribution in [-0.2, 0) is 0 Å². The average molecular weight is 322 g/mol. The van der Waals surface area contributed by atoms with E-state index in [4.69, 9.17) is 11.6 Å². The van der Waals surface area contributed by atoms with Crippen LogP contribution in [0.3, 0.4) is 0 Å². The quantitative estimate of drug-likeness (QED) is 0.497. The van der Waals surface area contributed by atoms with Crippen molar-refractivity contribution in [3.8, 4) is 0 Å². The van der Waals surface area contributed by atoms with Crippen LogP contribution in [0.25, 0.3) is 0 Å². The number of thioether (sulfide) groups is 1. The van der Waals surface area contributed by atoms with Crippen LogP contribution in [0.1, 0.15) is 25.5 Å². The number of nitrogens with one attached hydrogen (secondary N) is 1. The number of rotatable bonds is 6.